The molecule has 29 heavy (non-hydrogen) atoms. The molecule has 0 saturated carbocycles. The number of hydrogen-bond acceptors (Lipinski definition) is 2. The van der Waals surface area contributed by atoms with E-state index >= 15 is 0 Å². The largest absolute Gasteiger partial charge is 0.472 e. The van der Waals surface area contributed by atoms with Crippen LogP contribution in [0.5, 0.6) is 5.75 Å². The fourth-order valence-electron chi connectivity index (χ4n) is 4.95. The van der Waals surface area contributed by atoms with E-state index in [0.29, 0.717) is 6.73 Å². The molecular formula is C26H20BrNO. The predicted molar refractivity (Wildman–Crippen MR) is 123 cm³/mol. The molecule has 1 aliphatic heterocycles. The van der Waals surface area contributed by atoms with Gasteiger partial charge in [0.15, 0.2) is 6.73 Å². The average Bonchev–Trinajstić information content (AvgIpc) is 2.95. The van der Waals surface area contributed by atoms with Crippen LogP contribution < -0.4 is 9.64 Å². The van der Waals surface area contributed by atoms with E-state index in [9.17, 15) is 0 Å². The summed E-state index contributed by atoms with van der Waals surface area (Å²) >= 11 is 3.87. The van der Waals surface area contributed by atoms with Gasteiger partial charge in [0, 0.05) is 15.3 Å². The third-order valence-electron chi connectivity index (χ3n) is 6.43. The molecule has 0 radical (unpaired) electrons. The second kappa shape index (κ2) is 5.87. The summed E-state index contributed by atoms with van der Waals surface area (Å²) in [7, 11) is 0. The Morgan fingerprint density at radius 1 is 0.828 bits per heavy atom. The third-order valence-corrected chi connectivity index (χ3v) is 7.06. The third kappa shape index (κ3) is 2.28. The molecular weight excluding hydrogens is 422 g/mol. The fraction of sp³-hybridized carbons (Fsp3) is 0.154. The first kappa shape index (κ1) is 17.1. The Labute approximate surface area is 178 Å². The number of halogens is 1. The first-order valence-corrected chi connectivity index (χ1v) is 10.7. The molecule has 0 saturated heterocycles. The average molecular weight is 442 g/mol. The van der Waals surface area contributed by atoms with Crippen LogP contribution >= 0.6 is 15.9 Å². The molecule has 0 atom stereocenters. The highest BCUT2D eigenvalue weighted by atomic mass is 79.9. The first-order valence-electron chi connectivity index (χ1n) is 9.92. The molecule has 0 unspecified atom stereocenters. The van der Waals surface area contributed by atoms with Gasteiger partial charge in [0.1, 0.15) is 5.75 Å². The van der Waals surface area contributed by atoms with E-state index in [-0.39, 0.29) is 5.41 Å². The molecule has 4 aromatic rings. The van der Waals surface area contributed by atoms with Crippen LogP contribution in [0.2, 0.25) is 0 Å². The number of rotatable bonds is 1. The Kier molecular flexibility index (Phi) is 3.46. The molecule has 0 bridgehead atoms. The standard InChI is InChI=1S/C26H20BrNO/c1-26(2)19-10-4-3-9-17(19)18-13-23(21(27)14-20(18)26)28-15-29-24-12-6-8-16-7-5-11-22(28)25(16)24/h3-14H,15H2,1-2H3. The first-order chi connectivity index (χ1) is 14.1. The quantitative estimate of drug-likeness (QED) is 0.305. The lowest BCUT2D eigenvalue weighted by Gasteiger charge is -2.32. The number of ether oxygens (including phenoxy) is 1. The smallest absolute Gasteiger partial charge is 0.165 e. The van der Waals surface area contributed by atoms with E-state index in [1.165, 1.54) is 38.7 Å². The summed E-state index contributed by atoms with van der Waals surface area (Å²) < 4.78 is 7.25. The van der Waals surface area contributed by atoms with Crippen LogP contribution in [0.25, 0.3) is 21.9 Å². The summed E-state index contributed by atoms with van der Waals surface area (Å²) in [5, 5.41) is 2.38. The Morgan fingerprint density at radius 2 is 1.62 bits per heavy atom. The lowest BCUT2D eigenvalue weighted by Crippen LogP contribution is -2.27. The van der Waals surface area contributed by atoms with Crippen LogP contribution in [0.3, 0.4) is 0 Å². The zero-order chi connectivity index (χ0) is 19.8. The van der Waals surface area contributed by atoms with Crippen LogP contribution in [-0.2, 0) is 5.41 Å². The van der Waals surface area contributed by atoms with Crippen molar-refractivity contribution in [2.75, 3.05) is 11.6 Å². The van der Waals surface area contributed by atoms with Crippen molar-refractivity contribution < 1.29 is 4.74 Å². The van der Waals surface area contributed by atoms with Crippen LogP contribution in [0, 0.1) is 0 Å². The molecule has 0 amide bonds. The lowest BCUT2D eigenvalue weighted by molar-refractivity contribution is 0.324. The van der Waals surface area contributed by atoms with E-state index in [1.807, 2.05) is 0 Å². The van der Waals surface area contributed by atoms with Crippen LogP contribution in [-0.4, -0.2) is 6.73 Å². The number of anilines is 2. The molecule has 2 aliphatic rings. The molecule has 142 valence electrons. The zero-order valence-electron chi connectivity index (χ0n) is 16.4. The lowest BCUT2D eigenvalue weighted by atomic mass is 9.82. The number of nitrogens with zero attached hydrogens (tertiary/aromatic N) is 1. The van der Waals surface area contributed by atoms with Crippen molar-refractivity contribution in [1.29, 1.82) is 0 Å². The van der Waals surface area contributed by atoms with Gasteiger partial charge in [-0.2, -0.15) is 0 Å². The Bertz CT molecular complexity index is 1300. The zero-order valence-corrected chi connectivity index (χ0v) is 18.0. The highest BCUT2D eigenvalue weighted by molar-refractivity contribution is 9.10. The maximum atomic E-state index is 6.15. The summed E-state index contributed by atoms with van der Waals surface area (Å²) in [6, 6.07) is 26.1. The van der Waals surface area contributed by atoms with E-state index in [0.717, 1.165) is 15.9 Å². The van der Waals surface area contributed by atoms with Gasteiger partial charge < -0.3 is 9.64 Å². The Balaban J connectivity index is 1.59. The minimum atomic E-state index is -0.00200. The number of hydrogen-bond donors (Lipinski definition) is 0. The topological polar surface area (TPSA) is 12.5 Å². The minimum absolute atomic E-state index is 0.00200. The van der Waals surface area contributed by atoms with Crippen molar-refractivity contribution in [2.24, 2.45) is 0 Å². The second-order valence-corrected chi connectivity index (χ2v) is 9.21. The molecule has 0 N–H and O–H groups in total. The van der Waals surface area contributed by atoms with Gasteiger partial charge in [-0.05, 0) is 67.8 Å². The van der Waals surface area contributed by atoms with Gasteiger partial charge in [-0.15, -0.1) is 0 Å². The summed E-state index contributed by atoms with van der Waals surface area (Å²) in [5.74, 6) is 0.957. The van der Waals surface area contributed by atoms with Gasteiger partial charge >= 0.3 is 0 Å². The van der Waals surface area contributed by atoms with Crippen molar-refractivity contribution in [3.05, 3.63) is 88.4 Å². The van der Waals surface area contributed by atoms with Gasteiger partial charge in [-0.1, -0.05) is 62.4 Å². The summed E-state index contributed by atoms with van der Waals surface area (Å²) in [5.41, 5.74) is 7.73. The molecule has 0 fully saturated rings. The van der Waals surface area contributed by atoms with Crippen molar-refractivity contribution >= 4 is 38.1 Å². The molecule has 0 spiro atoms. The van der Waals surface area contributed by atoms with Crippen LogP contribution in [0.15, 0.2) is 77.3 Å². The van der Waals surface area contributed by atoms with E-state index in [2.05, 4.69) is 107 Å². The van der Waals surface area contributed by atoms with Gasteiger partial charge in [0.05, 0.1) is 11.4 Å². The highest BCUT2D eigenvalue weighted by Crippen LogP contribution is 2.52. The Hall–Kier alpha value is -2.78. The Morgan fingerprint density at radius 3 is 2.48 bits per heavy atom. The highest BCUT2D eigenvalue weighted by Gasteiger charge is 2.36. The fourth-order valence-corrected chi connectivity index (χ4v) is 5.51. The summed E-state index contributed by atoms with van der Waals surface area (Å²) in [6.07, 6.45) is 0. The van der Waals surface area contributed by atoms with Crippen molar-refractivity contribution in [3.63, 3.8) is 0 Å². The van der Waals surface area contributed by atoms with Crippen molar-refractivity contribution in [1.82, 2.24) is 0 Å². The molecule has 0 aromatic heterocycles. The molecule has 3 heteroatoms. The van der Waals surface area contributed by atoms with E-state index in [4.69, 9.17) is 4.74 Å². The second-order valence-electron chi connectivity index (χ2n) is 8.35. The molecule has 2 nitrogen and oxygen atoms in total. The normalized spacial score (nSPS) is 15.8. The van der Waals surface area contributed by atoms with Crippen LogP contribution in [0.4, 0.5) is 11.4 Å². The minimum Gasteiger partial charge on any atom is -0.472 e. The molecule has 4 aromatic carbocycles. The van der Waals surface area contributed by atoms with E-state index < -0.39 is 0 Å². The van der Waals surface area contributed by atoms with Crippen molar-refractivity contribution in [3.8, 4) is 16.9 Å². The monoisotopic (exact) mass is 441 g/mol. The molecule has 1 aliphatic carbocycles. The summed E-state index contributed by atoms with van der Waals surface area (Å²) in [6.45, 7) is 5.12. The van der Waals surface area contributed by atoms with E-state index in [1.54, 1.807) is 0 Å². The van der Waals surface area contributed by atoms with Crippen LogP contribution in [0.1, 0.15) is 25.0 Å². The van der Waals surface area contributed by atoms with Crippen molar-refractivity contribution in [2.45, 2.75) is 19.3 Å². The van der Waals surface area contributed by atoms with Gasteiger partial charge in [-0.25, -0.2) is 0 Å². The molecule has 6 rings (SSSR count). The van der Waals surface area contributed by atoms with Gasteiger partial charge in [0.2, 0.25) is 0 Å². The predicted octanol–water partition coefficient (Wildman–Crippen LogP) is 7.40. The maximum Gasteiger partial charge on any atom is 0.165 e. The SMILES string of the molecule is CC1(C)c2ccccc2-c2cc(N3COc4cccc5cccc3c45)c(Br)cc21. The molecule has 1 heterocycles. The number of benzene rings is 4. The van der Waals surface area contributed by atoms with Gasteiger partial charge in [0.25, 0.3) is 0 Å². The summed E-state index contributed by atoms with van der Waals surface area (Å²) in [4.78, 5) is 2.27. The number of fused-ring (bicyclic) bond motifs is 3. The van der Waals surface area contributed by atoms with Gasteiger partial charge in [-0.3, -0.25) is 0 Å². The maximum absolute atomic E-state index is 6.15.